The van der Waals surface area contributed by atoms with Gasteiger partial charge in [-0.05, 0) is 24.5 Å². The van der Waals surface area contributed by atoms with Gasteiger partial charge >= 0.3 is 0 Å². The molecule has 0 radical (unpaired) electrons. The molecule has 1 rings (SSSR count). The van der Waals surface area contributed by atoms with Gasteiger partial charge in [-0.1, -0.05) is 24.3 Å². The van der Waals surface area contributed by atoms with Crippen molar-refractivity contribution < 1.29 is 8.42 Å². The zero-order valence-corrected chi connectivity index (χ0v) is 8.86. The van der Waals surface area contributed by atoms with Crippen molar-refractivity contribution in [3.63, 3.8) is 0 Å². The molecule has 0 unspecified atom stereocenters. The number of hydrogen-bond donors (Lipinski definition) is 0. The Morgan fingerprint density at radius 1 is 1.31 bits per heavy atom. The smallest absolute Gasteiger partial charge is 0.212 e. The molecule has 13 heavy (non-hydrogen) atoms. The highest BCUT2D eigenvalue weighted by molar-refractivity contribution is 8.73. The lowest BCUT2D eigenvalue weighted by atomic mass is 10.2. The van der Waals surface area contributed by atoms with E-state index in [4.69, 9.17) is 0 Å². The summed E-state index contributed by atoms with van der Waals surface area (Å²) >= 11 is 0. The molecule has 0 fully saturated rings. The summed E-state index contributed by atoms with van der Waals surface area (Å²) in [5.74, 6) is 0. The minimum Gasteiger partial charge on any atom is -0.212 e. The van der Waals surface area contributed by atoms with Crippen LogP contribution in [0.2, 0.25) is 0 Å². The molecule has 0 heterocycles. The van der Waals surface area contributed by atoms with Gasteiger partial charge in [0, 0.05) is 10.8 Å². The lowest BCUT2D eigenvalue weighted by molar-refractivity contribution is 0.610. The molecule has 1 aromatic rings. The zero-order valence-electron chi connectivity index (χ0n) is 7.23. The maximum Gasteiger partial charge on any atom is 0.233 e. The molecular formula is C9H10O2S2. The predicted molar refractivity (Wildman–Crippen MR) is 56.2 cm³/mol. The molecule has 0 spiro atoms. The van der Waals surface area contributed by atoms with Crippen molar-refractivity contribution in [1.29, 1.82) is 0 Å². The maximum absolute atomic E-state index is 11.4. The monoisotopic (exact) mass is 214 g/mol. The van der Waals surface area contributed by atoms with Crippen molar-refractivity contribution in [1.82, 2.24) is 0 Å². The van der Waals surface area contributed by atoms with Crippen LogP contribution < -0.4 is 0 Å². The van der Waals surface area contributed by atoms with E-state index in [0.717, 1.165) is 16.4 Å². The standard InChI is InChI=1S/C9H10O2S2/c1-3-12-13(10,11)9-6-4-8(2)5-7-9/h3-7H,1H2,2H3. The summed E-state index contributed by atoms with van der Waals surface area (Å²) in [5.41, 5.74) is 1.04. The lowest BCUT2D eigenvalue weighted by Gasteiger charge is -1.99. The van der Waals surface area contributed by atoms with Crippen molar-refractivity contribution in [2.45, 2.75) is 11.8 Å². The second-order valence-corrected chi connectivity index (χ2v) is 6.33. The topological polar surface area (TPSA) is 34.1 Å². The van der Waals surface area contributed by atoms with Crippen molar-refractivity contribution in [3.05, 3.63) is 41.8 Å². The maximum atomic E-state index is 11.4. The average molecular weight is 214 g/mol. The normalized spacial score (nSPS) is 11.2. The van der Waals surface area contributed by atoms with E-state index in [1.165, 1.54) is 5.41 Å². The van der Waals surface area contributed by atoms with E-state index in [9.17, 15) is 8.42 Å². The first-order valence-electron chi connectivity index (χ1n) is 3.67. The lowest BCUT2D eigenvalue weighted by Crippen LogP contribution is -1.92. The predicted octanol–water partition coefficient (Wildman–Crippen LogP) is 2.56. The second kappa shape index (κ2) is 3.98. The van der Waals surface area contributed by atoms with Crippen LogP contribution in [-0.2, 0) is 8.87 Å². The highest BCUT2D eigenvalue weighted by atomic mass is 33.1. The van der Waals surface area contributed by atoms with Crippen LogP contribution in [0, 0.1) is 6.92 Å². The van der Waals surface area contributed by atoms with E-state index in [0.29, 0.717) is 4.90 Å². The molecule has 0 aliphatic rings. The van der Waals surface area contributed by atoms with Gasteiger partial charge in [-0.25, -0.2) is 8.42 Å². The van der Waals surface area contributed by atoms with E-state index in [1.54, 1.807) is 24.3 Å². The largest absolute Gasteiger partial charge is 0.233 e. The second-order valence-electron chi connectivity index (χ2n) is 2.53. The molecule has 0 N–H and O–H groups in total. The van der Waals surface area contributed by atoms with Crippen molar-refractivity contribution in [2.24, 2.45) is 0 Å². The van der Waals surface area contributed by atoms with Crippen molar-refractivity contribution in [2.75, 3.05) is 0 Å². The van der Waals surface area contributed by atoms with Gasteiger partial charge in [0.15, 0.2) is 0 Å². The van der Waals surface area contributed by atoms with Crippen LogP contribution in [-0.4, -0.2) is 8.42 Å². The quantitative estimate of drug-likeness (QED) is 0.725. The fourth-order valence-electron chi connectivity index (χ4n) is 0.850. The highest BCUT2D eigenvalue weighted by Crippen LogP contribution is 2.23. The van der Waals surface area contributed by atoms with Crippen molar-refractivity contribution in [3.8, 4) is 0 Å². The summed E-state index contributed by atoms with van der Waals surface area (Å²) < 4.78 is 22.9. The summed E-state index contributed by atoms with van der Waals surface area (Å²) in [5, 5.41) is 1.31. The van der Waals surface area contributed by atoms with E-state index in [1.807, 2.05) is 6.92 Å². The summed E-state index contributed by atoms with van der Waals surface area (Å²) in [6.07, 6.45) is 0. The van der Waals surface area contributed by atoms with E-state index in [2.05, 4.69) is 6.58 Å². The van der Waals surface area contributed by atoms with E-state index >= 15 is 0 Å². The molecule has 1 aromatic carbocycles. The minimum atomic E-state index is -3.23. The van der Waals surface area contributed by atoms with E-state index in [-0.39, 0.29) is 0 Å². The Kier molecular flexibility index (Phi) is 3.17. The summed E-state index contributed by atoms with van der Waals surface area (Å²) in [4.78, 5) is 0.322. The number of rotatable bonds is 3. The Morgan fingerprint density at radius 2 is 1.85 bits per heavy atom. The third-order valence-electron chi connectivity index (χ3n) is 1.50. The fourth-order valence-corrected chi connectivity index (χ4v) is 2.81. The summed E-state index contributed by atoms with van der Waals surface area (Å²) in [7, 11) is -2.50. The molecule has 0 aliphatic carbocycles. The zero-order chi connectivity index (χ0) is 9.90. The average Bonchev–Trinajstić information content (AvgIpc) is 2.05. The molecule has 70 valence electrons. The summed E-state index contributed by atoms with van der Waals surface area (Å²) in [6.45, 7) is 5.29. The molecule has 0 atom stereocenters. The number of aryl methyl sites for hydroxylation is 1. The van der Waals surface area contributed by atoms with E-state index < -0.39 is 8.87 Å². The Labute approximate surface area is 82.0 Å². The Balaban J connectivity index is 3.08. The van der Waals surface area contributed by atoms with Crippen molar-refractivity contribution >= 4 is 19.7 Å². The number of benzene rings is 1. The van der Waals surface area contributed by atoms with Crippen LogP contribution in [0.15, 0.2) is 41.1 Å². The van der Waals surface area contributed by atoms with Crippen LogP contribution in [0.4, 0.5) is 0 Å². The van der Waals surface area contributed by atoms with Gasteiger partial charge in [-0.2, -0.15) is 0 Å². The third kappa shape index (κ3) is 2.60. The molecule has 0 aromatic heterocycles. The molecule has 0 saturated heterocycles. The minimum absolute atomic E-state index is 0.322. The molecule has 0 saturated carbocycles. The first-order chi connectivity index (χ1) is 6.06. The third-order valence-corrected chi connectivity index (χ3v) is 4.49. The van der Waals surface area contributed by atoms with Gasteiger partial charge in [-0.3, -0.25) is 0 Å². The number of hydrogen-bond acceptors (Lipinski definition) is 3. The molecule has 4 heteroatoms. The molecule has 2 nitrogen and oxygen atoms in total. The van der Waals surface area contributed by atoms with Crippen LogP contribution in [0.25, 0.3) is 0 Å². The SMILES string of the molecule is C=CSS(=O)(=O)c1ccc(C)cc1. The fraction of sp³-hybridized carbons (Fsp3) is 0.111. The first kappa shape index (κ1) is 10.3. The summed E-state index contributed by atoms with van der Waals surface area (Å²) in [6, 6.07) is 6.75. The molecule has 0 amide bonds. The van der Waals surface area contributed by atoms with Gasteiger partial charge in [0.2, 0.25) is 8.87 Å². The van der Waals surface area contributed by atoms with Gasteiger partial charge in [0.25, 0.3) is 0 Å². The Morgan fingerprint density at radius 3 is 2.31 bits per heavy atom. The molecular weight excluding hydrogens is 204 g/mol. The van der Waals surface area contributed by atoms with Crippen LogP contribution in [0.5, 0.6) is 0 Å². The van der Waals surface area contributed by atoms with Crippen LogP contribution in [0.1, 0.15) is 5.56 Å². The highest BCUT2D eigenvalue weighted by Gasteiger charge is 2.11. The van der Waals surface area contributed by atoms with Gasteiger partial charge in [0.05, 0.1) is 4.90 Å². The molecule has 0 bridgehead atoms. The Bertz CT molecular complexity index is 390. The Hall–Kier alpha value is -0.740. The van der Waals surface area contributed by atoms with Gasteiger partial charge in [0.1, 0.15) is 0 Å². The van der Waals surface area contributed by atoms with Gasteiger partial charge < -0.3 is 0 Å². The van der Waals surface area contributed by atoms with Crippen LogP contribution >= 0.6 is 10.8 Å². The molecule has 0 aliphatic heterocycles. The first-order valence-corrected chi connectivity index (χ1v) is 6.55. The van der Waals surface area contributed by atoms with Gasteiger partial charge in [-0.15, -0.1) is 0 Å². The van der Waals surface area contributed by atoms with Crippen LogP contribution in [0.3, 0.4) is 0 Å².